The zero-order chi connectivity index (χ0) is 23.8. The van der Waals surface area contributed by atoms with Gasteiger partial charge in [0.25, 0.3) is 0 Å². The Morgan fingerprint density at radius 1 is 1.03 bits per heavy atom. The topological polar surface area (TPSA) is 56.1 Å². The molecule has 2 aromatic carbocycles. The largest absolute Gasteiger partial charge is 0.486 e. The number of aromatic nitrogens is 4. The molecule has 1 aliphatic rings. The van der Waals surface area contributed by atoms with E-state index >= 15 is 0 Å². The highest BCUT2D eigenvalue weighted by Crippen LogP contribution is 2.39. The second-order valence-electron chi connectivity index (χ2n) is 8.67. The van der Waals surface area contributed by atoms with Crippen LogP contribution in [0.15, 0.2) is 54.9 Å². The van der Waals surface area contributed by atoms with Crippen LogP contribution in [0.25, 0.3) is 22.5 Å². The summed E-state index contributed by atoms with van der Waals surface area (Å²) < 4.78 is 37.0. The molecule has 174 valence electrons. The standard InChI is InChI=1S/C26H25F2N5O/c1-16(2)33-10-11-34-26-20(27)13-19(14-23(26)33)25-21(28)15-29-24(30-25)12-17-4-6-18(7-5-17)22-8-9-32(3)31-22/h4-9,13-16H,10-12H2,1-3H3. The highest BCUT2D eigenvalue weighted by atomic mass is 19.1. The van der Waals surface area contributed by atoms with Gasteiger partial charge in [-0.2, -0.15) is 5.10 Å². The first kappa shape index (κ1) is 22.0. The van der Waals surface area contributed by atoms with E-state index < -0.39 is 11.6 Å². The molecule has 0 saturated heterocycles. The quantitative estimate of drug-likeness (QED) is 0.418. The number of nitrogens with zero attached hydrogens (tertiary/aromatic N) is 5. The van der Waals surface area contributed by atoms with Crippen LogP contribution in [0.2, 0.25) is 0 Å². The normalized spacial score (nSPS) is 13.2. The Kier molecular flexibility index (Phi) is 5.73. The summed E-state index contributed by atoms with van der Waals surface area (Å²) in [7, 11) is 1.88. The Labute approximate surface area is 196 Å². The lowest BCUT2D eigenvalue weighted by Gasteiger charge is -2.34. The Bertz CT molecular complexity index is 1330. The van der Waals surface area contributed by atoms with Gasteiger partial charge in [0.2, 0.25) is 0 Å². The number of ether oxygens (including phenoxy) is 1. The minimum atomic E-state index is -0.596. The van der Waals surface area contributed by atoms with Crippen molar-refractivity contribution in [3.05, 3.63) is 77.9 Å². The molecule has 6 nitrogen and oxygen atoms in total. The van der Waals surface area contributed by atoms with Crippen LogP contribution in [0.5, 0.6) is 5.75 Å². The fraction of sp³-hybridized carbons (Fsp3) is 0.269. The van der Waals surface area contributed by atoms with Crippen LogP contribution in [0.3, 0.4) is 0 Å². The van der Waals surface area contributed by atoms with Crippen LogP contribution in [0.4, 0.5) is 14.5 Å². The molecule has 0 unspecified atom stereocenters. The molecule has 0 spiro atoms. The minimum Gasteiger partial charge on any atom is -0.486 e. The van der Waals surface area contributed by atoms with Gasteiger partial charge < -0.3 is 9.64 Å². The number of rotatable bonds is 5. The van der Waals surface area contributed by atoms with E-state index in [9.17, 15) is 8.78 Å². The summed E-state index contributed by atoms with van der Waals surface area (Å²) in [5, 5.41) is 4.41. The Hall–Kier alpha value is -3.81. The molecule has 4 aromatic rings. The van der Waals surface area contributed by atoms with E-state index in [1.165, 1.54) is 6.07 Å². The molecule has 0 fully saturated rings. The van der Waals surface area contributed by atoms with Crippen LogP contribution >= 0.6 is 0 Å². The van der Waals surface area contributed by atoms with Crippen LogP contribution in [0, 0.1) is 11.6 Å². The van der Waals surface area contributed by atoms with Crippen LogP contribution in [0.1, 0.15) is 25.2 Å². The predicted molar refractivity (Wildman–Crippen MR) is 127 cm³/mol. The third-order valence-corrected chi connectivity index (χ3v) is 5.93. The lowest BCUT2D eigenvalue weighted by molar-refractivity contribution is 0.287. The molecule has 1 aliphatic heterocycles. The number of hydrogen-bond donors (Lipinski definition) is 0. The van der Waals surface area contributed by atoms with Gasteiger partial charge in [0.1, 0.15) is 18.1 Å². The van der Waals surface area contributed by atoms with Crippen LogP contribution in [-0.4, -0.2) is 38.9 Å². The van der Waals surface area contributed by atoms with Gasteiger partial charge in [-0.1, -0.05) is 24.3 Å². The first-order valence-electron chi connectivity index (χ1n) is 11.2. The Morgan fingerprint density at radius 2 is 1.82 bits per heavy atom. The fourth-order valence-electron chi connectivity index (χ4n) is 4.21. The number of fused-ring (bicyclic) bond motifs is 1. The molecular formula is C26H25F2N5O. The molecule has 0 bridgehead atoms. The van der Waals surface area contributed by atoms with E-state index in [1.54, 1.807) is 10.7 Å². The monoisotopic (exact) mass is 461 g/mol. The van der Waals surface area contributed by atoms with E-state index in [-0.39, 0.29) is 17.5 Å². The van der Waals surface area contributed by atoms with Crippen molar-refractivity contribution in [3.63, 3.8) is 0 Å². The second kappa shape index (κ2) is 8.85. The molecule has 0 aliphatic carbocycles. The van der Waals surface area contributed by atoms with E-state index in [0.29, 0.717) is 36.6 Å². The number of benzene rings is 2. The van der Waals surface area contributed by atoms with E-state index in [2.05, 4.69) is 20.0 Å². The van der Waals surface area contributed by atoms with Crippen LogP contribution in [-0.2, 0) is 13.5 Å². The average Bonchev–Trinajstić information content (AvgIpc) is 3.26. The summed E-state index contributed by atoms with van der Waals surface area (Å²) in [5.41, 5.74) is 3.93. The number of halogens is 2. The summed E-state index contributed by atoms with van der Waals surface area (Å²) in [5.74, 6) is -0.465. The summed E-state index contributed by atoms with van der Waals surface area (Å²) >= 11 is 0. The van der Waals surface area contributed by atoms with Gasteiger partial charge in [0.15, 0.2) is 17.4 Å². The number of hydrogen-bond acceptors (Lipinski definition) is 5. The van der Waals surface area contributed by atoms with Gasteiger partial charge in [-0.15, -0.1) is 0 Å². The molecule has 3 heterocycles. The Balaban J connectivity index is 1.44. The van der Waals surface area contributed by atoms with E-state index in [1.807, 2.05) is 57.4 Å². The molecule has 5 rings (SSSR count). The van der Waals surface area contributed by atoms with Gasteiger partial charge in [-0.05, 0) is 37.6 Å². The van der Waals surface area contributed by atoms with Gasteiger partial charge in [-0.3, -0.25) is 4.68 Å². The molecule has 2 aromatic heterocycles. The van der Waals surface area contributed by atoms with Crippen molar-refractivity contribution in [2.75, 3.05) is 18.1 Å². The maximum absolute atomic E-state index is 14.9. The summed E-state index contributed by atoms with van der Waals surface area (Å²) in [6.45, 7) is 5.11. The fourth-order valence-corrected chi connectivity index (χ4v) is 4.21. The highest BCUT2D eigenvalue weighted by molar-refractivity contribution is 5.72. The van der Waals surface area contributed by atoms with Crippen molar-refractivity contribution in [2.45, 2.75) is 26.3 Å². The molecule has 0 N–H and O–H groups in total. The molecular weight excluding hydrogens is 436 g/mol. The zero-order valence-corrected chi connectivity index (χ0v) is 19.3. The number of aryl methyl sites for hydroxylation is 1. The highest BCUT2D eigenvalue weighted by Gasteiger charge is 2.25. The van der Waals surface area contributed by atoms with Crippen molar-refractivity contribution in [2.24, 2.45) is 7.05 Å². The smallest absolute Gasteiger partial charge is 0.178 e. The van der Waals surface area contributed by atoms with Crippen molar-refractivity contribution < 1.29 is 13.5 Å². The first-order valence-corrected chi connectivity index (χ1v) is 11.2. The average molecular weight is 462 g/mol. The molecule has 0 amide bonds. The second-order valence-corrected chi connectivity index (χ2v) is 8.67. The SMILES string of the molecule is CC(C)N1CCOc2c(F)cc(-c3nc(Cc4ccc(-c5ccn(C)n5)cc4)ncc3F)cc21. The van der Waals surface area contributed by atoms with Crippen molar-refractivity contribution in [3.8, 4) is 28.3 Å². The summed E-state index contributed by atoms with van der Waals surface area (Å²) in [6.07, 6.45) is 3.46. The first-order chi connectivity index (χ1) is 16.4. The molecule has 0 atom stereocenters. The third kappa shape index (κ3) is 4.23. The van der Waals surface area contributed by atoms with Gasteiger partial charge >= 0.3 is 0 Å². The maximum atomic E-state index is 14.9. The maximum Gasteiger partial charge on any atom is 0.178 e. The summed E-state index contributed by atoms with van der Waals surface area (Å²) in [4.78, 5) is 10.7. The zero-order valence-electron chi connectivity index (χ0n) is 19.3. The van der Waals surface area contributed by atoms with E-state index in [0.717, 1.165) is 23.0 Å². The lowest BCUT2D eigenvalue weighted by Crippen LogP contribution is -2.38. The van der Waals surface area contributed by atoms with Crippen molar-refractivity contribution in [1.29, 1.82) is 0 Å². The van der Waals surface area contributed by atoms with E-state index in [4.69, 9.17) is 4.74 Å². The third-order valence-electron chi connectivity index (χ3n) is 5.93. The molecule has 34 heavy (non-hydrogen) atoms. The van der Waals surface area contributed by atoms with Crippen molar-refractivity contribution in [1.82, 2.24) is 19.7 Å². The van der Waals surface area contributed by atoms with Gasteiger partial charge in [0, 0.05) is 36.8 Å². The lowest BCUT2D eigenvalue weighted by atomic mass is 10.1. The van der Waals surface area contributed by atoms with Crippen molar-refractivity contribution >= 4 is 5.69 Å². The molecule has 8 heteroatoms. The van der Waals surface area contributed by atoms with Crippen LogP contribution < -0.4 is 9.64 Å². The number of anilines is 1. The Morgan fingerprint density at radius 3 is 2.53 bits per heavy atom. The summed E-state index contributed by atoms with van der Waals surface area (Å²) in [6, 6.07) is 13.1. The molecule has 0 saturated carbocycles. The molecule has 0 radical (unpaired) electrons. The van der Waals surface area contributed by atoms with Gasteiger partial charge in [-0.25, -0.2) is 18.7 Å². The predicted octanol–water partition coefficient (Wildman–Crippen LogP) is 5.02. The van der Waals surface area contributed by atoms with Gasteiger partial charge in [0.05, 0.1) is 24.1 Å². The minimum absolute atomic E-state index is 0.0751.